The SMILES string of the molecule is Cc1cccnc1COc1nn2c(-c3ccccc3)nnc2cc1N1CCCCC1. The van der Waals surface area contributed by atoms with Crippen LogP contribution in [0.1, 0.15) is 30.5 Å². The monoisotopic (exact) mass is 400 g/mol. The van der Waals surface area contributed by atoms with E-state index in [0.29, 0.717) is 18.3 Å². The molecule has 1 aromatic carbocycles. The number of pyridine rings is 1. The summed E-state index contributed by atoms with van der Waals surface area (Å²) >= 11 is 0. The Bertz CT molecular complexity index is 1150. The zero-order valence-electron chi connectivity index (χ0n) is 17.0. The summed E-state index contributed by atoms with van der Waals surface area (Å²) in [4.78, 5) is 6.80. The lowest BCUT2D eigenvalue weighted by molar-refractivity contribution is 0.284. The number of aryl methyl sites for hydroxylation is 1. The van der Waals surface area contributed by atoms with Crippen molar-refractivity contribution in [2.24, 2.45) is 0 Å². The largest absolute Gasteiger partial charge is 0.469 e. The van der Waals surface area contributed by atoms with Crippen LogP contribution in [-0.2, 0) is 6.61 Å². The van der Waals surface area contributed by atoms with Crippen LogP contribution in [0.4, 0.5) is 5.69 Å². The summed E-state index contributed by atoms with van der Waals surface area (Å²) in [6.07, 6.45) is 5.40. The molecule has 0 bridgehead atoms. The Morgan fingerprint density at radius 1 is 0.967 bits per heavy atom. The van der Waals surface area contributed by atoms with Gasteiger partial charge in [-0.25, -0.2) is 0 Å². The number of hydrogen-bond donors (Lipinski definition) is 0. The van der Waals surface area contributed by atoms with Gasteiger partial charge >= 0.3 is 0 Å². The van der Waals surface area contributed by atoms with E-state index < -0.39 is 0 Å². The maximum atomic E-state index is 6.23. The summed E-state index contributed by atoms with van der Waals surface area (Å²) in [7, 11) is 0. The van der Waals surface area contributed by atoms with E-state index in [1.807, 2.05) is 55.5 Å². The van der Waals surface area contributed by atoms with Crippen molar-refractivity contribution in [3.8, 4) is 17.3 Å². The Morgan fingerprint density at radius 2 is 1.80 bits per heavy atom. The predicted octanol–water partition coefficient (Wildman–Crippen LogP) is 4.06. The van der Waals surface area contributed by atoms with Crippen LogP contribution in [0.3, 0.4) is 0 Å². The molecule has 4 heterocycles. The zero-order valence-corrected chi connectivity index (χ0v) is 17.0. The molecule has 0 radical (unpaired) electrons. The molecule has 0 spiro atoms. The molecule has 0 N–H and O–H groups in total. The van der Waals surface area contributed by atoms with Crippen LogP contribution in [0, 0.1) is 6.92 Å². The molecule has 0 amide bonds. The number of rotatable bonds is 5. The van der Waals surface area contributed by atoms with Gasteiger partial charge in [-0.1, -0.05) is 36.4 Å². The average Bonchev–Trinajstić information content (AvgIpc) is 3.22. The minimum absolute atomic E-state index is 0.370. The van der Waals surface area contributed by atoms with Crippen molar-refractivity contribution in [3.63, 3.8) is 0 Å². The number of ether oxygens (including phenoxy) is 1. The van der Waals surface area contributed by atoms with Gasteiger partial charge in [0, 0.05) is 30.9 Å². The van der Waals surface area contributed by atoms with E-state index in [9.17, 15) is 0 Å². The topological polar surface area (TPSA) is 68.4 Å². The van der Waals surface area contributed by atoms with E-state index in [-0.39, 0.29) is 0 Å². The van der Waals surface area contributed by atoms with Crippen LogP contribution in [-0.4, -0.2) is 37.9 Å². The second-order valence-electron chi connectivity index (χ2n) is 7.60. The summed E-state index contributed by atoms with van der Waals surface area (Å²) < 4.78 is 8.00. The Hall–Kier alpha value is -3.48. The van der Waals surface area contributed by atoms with Crippen LogP contribution in [0.15, 0.2) is 54.7 Å². The Kier molecular flexibility index (Phi) is 5.01. The third-order valence-electron chi connectivity index (χ3n) is 5.53. The first-order valence-electron chi connectivity index (χ1n) is 10.4. The molecule has 7 heteroatoms. The zero-order chi connectivity index (χ0) is 20.3. The number of aromatic nitrogens is 5. The molecule has 7 nitrogen and oxygen atoms in total. The third-order valence-corrected chi connectivity index (χ3v) is 5.53. The van der Waals surface area contributed by atoms with E-state index in [1.54, 1.807) is 10.7 Å². The van der Waals surface area contributed by atoms with Crippen LogP contribution in [0.2, 0.25) is 0 Å². The molecule has 30 heavy (non-hydrogen) atoms. The minimum Gasteiger partial charge on any atom is -0.469 e. The summed E-state index contributed by atoms with van der Waals surface area (Å²) in [6.45, 7) is 4.41. The van der Waals surface area contributed by atoms with Crippen molar-refractivity contribution in [1.29, 1.82) is 0 Å². The molecule has 0 aliphatic carbocycles. The Morgan fingerprint density at radius 3 is 2.60 bits per heavy atom. The summed E-state index contributed by atoms with van der Waals surface area (Å²) in [6, 6.07) is 16.0. The highest BCUT2D eigenvalue weighted by Crippen LogP contribution is 2.31. The highest BCUT2D eigenvalue weighted by molar-refractivity contribution is 5.65. The summed E-state index contributed by atoms with van der Waals surface area (Å²) in [5.41, 5.74) is 4.68. The first-order valence-corrected chi connectivity index (χ1v) is 10.4. The van der Waals surface area contributed by atoms with Crippen molar-refractivity contribution >= 4 is 11.3 Å². The molecule has 4 aromatic rings. The average molecular weight is 400 g/mol. The van der Waals surface area contributed by atoms with Gasteiger partial charge in [-0.3, -0.25) is 4.98 Å². The van der Waals surface area contributed by atoms with Gasteiger partial charge in [-0.05, 0) is 37.8 Å². The summed E-state index contributed by atoms with van der Waals surface area (Å²) in [5, 5.41) is 13.6. The maximum Gasteiger partial charge on any atom is 0.256 e. The highest BCUT2D eigenvalue weighted by Gasteiger charge is 2.21. The van der Waals surface area contributed by atoms with E-state index in [4.69, 9.17) is 9.84 Å². The van der Waals surface area contributed by atoms with Crippen molar-refractivity contribution in [3.05, 3.63) is 66.0 Å². The molecule has 0 saturated carbocycles. The van der Waals surface area contributed by atoms with E-state index >= 15 is 0 Å². The van der Waals surface area contributed by atoms with Crippen molar-refractivity contribution < 1.29 is 4.74 Å². The molecule has 1 aliphatic heterocycles. The van der Waals surface area contributed by atoms with E-state index in [0.717, 1.165) is 41.2 Å². The van der Waals surface area contributed by atoms with Gasteiger partial charge < -0.3 is 9.64 Å². The summed E-state index contributed by atoms with van der Waals surface area (Å²) in [5.74, 6) is 1.29. The van der Waals surface area contributed by atoms with Crippen LogP contribution < -0.4 is 9.64 Å². The third kappa shape index (κ3) is 3.58. The van der Waals surface area contributed by atoms with Crippen LogP contribution in [0.25, 0.3) is 17.0 Å². The van der Waals surface area contributed by atoms with E-state index in [1.165, 1.54) is 19.3 Å². The molecular weight excluding hydrogens is 376 g/mol. The minimum atomic E-state index is 0.370. The second kappa shape index (κ2) is 8.10. The first kappa shape index (κ1) is 18.5. The van der Waals surface area contributed by atoms with Gasteiger partial charge in [0.1, 0.15) is 12.3 Å². The van der Waals surface area contributed by atoms with Crippen molar-refractivity contribution in [1.82, 2.24) is 24.8 Å². The van der Waals surface area contributed by atoms with Crippen molar-refractivity contribution in [2.75, 3.05) is 18.0 Å². The lowest BCUT2D eigenvalue weighted by atomic mass is 10.1. The van der Waals surface area contributed by atoms with Gasteiger partial charge in [0.05, 0.1) is 5.69 Å². The number of anilines is 1. The Labute approximate surface area is 175 Å². The molecule has 3 aromatic heterocycles. The molecule has 1 aliphatic rings. The molecule has 1 saturated heterocycles. The first-order chi connectivity index (χ1) is 14.8. The van der Waals surface area contributed by atoms with Gasteiger partial charge in [-0.15, -0.1) is 15.3 Å². The number of benzene rings is 1. The Balaban J connectivity index is 1.56. The number of piperidine rings is 1. The lowest BCUT2D eigenvalue weighted by Gasteiger charge is -2.29. The maximum absolute atomic E-state index is 6.23. The molecule has 1 fully saturated rings. The van der Waals surface area contributed by atoms with Gasteiger partial charge in [-0.2, -0.15) is 4.52 Å². The molecule has 5 rings (SSSR count). The molecular formula is C23H24N6O. The number of nitrogens with zero attached hydrogens (tertiary/aromatic N) is 6. The fourth-order valence-electron chi connectivity index (χ4n) is 3.84. The molecule has 152 valence electrons. The standard InChI is InChI=1S/C23H24N6O/c1-17-9-8-12-24-19(17)16-30-23-20(28-13-6-3-7-14-28)15-21-25-26-22(29(21)27-23)18-10-4-2-5-11-18/h2,4-5,8-12,15H,3,6-7,13-14,16H2,1H3. The van der Waals surface area contributed by atoms with Gasteiger partial charge in [0.25, 0.3) is 5.88 Å². The quantitative estimate of drug-likeness (QED) is 0.503. The van der Waals surface area contributed by atoms with Crippen molar-refractivity contribution in [2.45, 2.75) is 32.8 Å². The van der Waals surface area contributed by atoms with Crippen LogP contribution in [0.5, 0.6) is 5.88 Å². The van der Waals surface area contributed by atoms with Gasteiger partial charge in [0.15, 0.2) is 11.5 Å². The molecule has 0 unspecified atom stereocenters. The lowest BCUT2D eigenvalue weighted by Crippen LogP contribution is -2.30. The van der Waals surface area contributed by atoms with Gasteiger partial charge in [0.2, 0.25) is 0 Å². The predicted molar refractivity (Wildman–Crippen MR) is 116 cm³/mol. The fraction of sp³-hybridized carbons (Fsp3) is 0.304. The normalized spacial score (nSPS) is 14.2. The number of fused-ring (bicyclic) bond motifs is 1. The highest BCUT2D eigenvalue weighted by atomic mass is 16.5. The smallest absolute Gasteiger partial charge is 0.256 e. The number of hydrogen-bond acceptors (Lipinski definition) is 6. The fourth-order valence-corrected chi connectivity index (χ4v) is 3.84. The van der Waals surface area contributed by atoms with Crippen LogP contribution >= 0.6 is 0 Å². The second-order valence-corrected chi connectivity index (χ2v) is 7.60. The van der Waals surface area contributed by atoms with E-state index in [2.05, 4.69) is 20.1 Å². The molecule has 0 atom stereocenters.